The van der Waals surface area contributed by atoms with Crippen LogP contribution in [-0.2, 0) is 17.8 Å². The van der Waals surface area contributed by atoms with Crippen molar-refractivity contribution in [2.45, 2.75) is 19.9 Å². The van der Waals surface area contributed by atoms with E-state index in [0.717, 1.165) is 11.1 Å². The van der Waals surface area contributed by atoms with Gasteiger partial charge >= 0.3 is 0 Å². The molecule has 0 aliphatic rings. The predicted octanol–water partition coefficient (Wildman–Crippen LogP) is 3.04. The van der Waals surface area contributed by atoms with E-state index in [1.54, 1.807) is 37.5 Å². The molecule has 0 bridgehead atoms. The topological polar surface area (TPSA) is 68.0 Å². The molecule has 2 heterocycles. The van der Waals surface area contributed by atoms with E-state index in [-0.39, 0.29) is 18.1 Å². The van der Waals surface area contributed by atoms with E-state index < -0.39 is 0 Å². The first kappa shape index (κ1) is 15.9. The van der Waals surface area contributed by atoms with Gasteiger partial charge in [0.1, 0.15) is 11.6 Å². The molecule has 0 aliphatic heterocycles. The Morgan fingerprint density at radius 2 is 2.04 bits per heavy atom. The molecule has 5 nitrogen and oxygen atoms in total. The van der Waals surface area contributed by atoms with Crippen LogP contribution in [0.25, 0.3) is 11.5 Å². The molecular weight excluding hydrogens is 309 g/mol. The summed E-state index contributed by atoms with van der Waals surface area (Å²) in [7, 11) is 0. The minimum absolute atomic E-state index is 0.122. The van der Waals surface area contributed by atoms with Crippen LogP contribution in [0.4, 0.5) is 4.39 Å². The lowest BCUT2D eigenvalue weighted by Gasteiger charge is -2.04. The van der Waals surface area contributed by atoms with Gasteiger partial charge in [0.2, 0.25) is 11.8 Å². The fourth-order valence-corrected chi connectivity index (χ4v) is 2.22. The van der Waals surface area contributed by atoms with Crippen LogP contribution in [0.2, 0.25) is 0 Å². The van der Waals surface area contributed by atoms with Crippen molar-refractivity contribution in [1.29, 1.82) is 0 Å². The molecule has 0 aliphatic carbocycles. The first-order valence-electron chi connectivity index (χ1n) is 7.49. The summed E-state index contributed by atoms with van der Waals surface area (Å²) in [4.78, 5) is 20.5. The molecule has 0 saturated carbocycles. The van der Waals surface area contributed by atoms with Gasteiger partial charge in [-0.15, -0.1) is 0 Å². The van der Waals surface area contributed by atoms with Crippen molar-refractivity contribution >= 4 is 5.91 Å². The SMILES string of the molecule is Cc1oc(-c2cccnc2)nc1CC(=O)NCc1ccc(F)cc1. The second kappa shape index (κ2) is 7.04. The van der Waals surface area contributed by atoms with Crippen LogP contribution in [-0.4, -0.2) is 15.9 Å². The van der Waals surface area contributed by atoms with Crippen molar-refractivity contribution in [1.82, 2.24) is 15.3 Å². The van der Waals surface area contributed by atoms with Crippen molar-refractivity contribution in [3.8, 4) is 11.5 Å². The number of nitrogens with zero attached hydrogens (tertiary/aromatic N) is 2. The summed E-state index contributed by atoms with van der Waals surface area (Å²) in [5, 5.41) is 2.79. The molecule has 6 heteroatoms. The van der Waals surface area contributed by atoms with Crippen molar-refractivity contribution in [2.24, 2.45) is 0 Å². The summed E-state index contributed by atoms with van der Waals surface area (Å²) < 4.78 is 18.5. The lowest BCUT2D eigenvalue weighted by molar-refractivity contribution is -0.120. The van der Waals surface area contributed by atoms with E-state index in [4.69, 9.17) is 4.42 Å². The van der Waals surface area contributed by atoms with Crippen LogP contribution in [0.3, 0.4) is 0 Å². The Morgan fingerprint density at radius 3 is 2.75 bits per heavy atom. The molecule has 122 valence electrons. The second-order valence-corrected chi connectivity index (χ2v) is 5.34. The predicted molar refractivity (Wildman–Crippen MR) is 86.4 cm³/mol. The first-order valence-corrected chi connectivity index (χ1v) is 7.49. The smallest absolute Gasteiger partial charge is 0.228 e. The first-order chi connectivity index (χ1) is 11.6. The number of carbonyl (C=O) groups is 1. The number of oxazole rings is 1. The van der Waals surface area contributed by atoms with E-state index in [0.29, 0.717) is 23.9 Å². The Kier molecular flexibility index (Phi) is 4.65. The maximum Gasteiger partial charge on any atom is 0.228 e. The highest BCUT2D eigenvalue weighted by Gasteiger charge is 2.14. The van der Waals surface area contributed by atoms with Gasteiger partial charge in [0.05, 0.1) is 17.7 Å². The Labute approximate surface area is 138 Å². The number of nitrogens with one attached hydrogen (secondary N) is 1. The Hall–Kier alpha value is -3.02. The normalized spacial score (nSPS) is 10.6. The van der Waals surface area contributed by atoms with Gasteiger partial charge < -0.3 is 9.73 Å². The number of carbonyl (C=O) groups excluding carboxylic acids is 1. The molecule has 0 unspecified atom stereocenters. The number of hydrogen-bond acceptors (Lipinski definition) is 4. The summed E-state index contributed by atoms with van der Waals surface area (Å²) >= 11 is 0. The van der Waals surface area contributed by atoms with Crippen molar-refractivity contribution in [2.75, 3.05) is 0 Å². The van der Waals surface area contributed by atoms with E-state index in [1.165, 1.54) is 12.1 Å². The van der Waals surface area contributed by atoms with Crippen molar-refractivity contribution < 1.29 is 13.6 Å². The zero-order valence-corrected chi connectivity index (χ0v) is 13.1. The molecular formula is C18H16FN3O2. The summed E-state index contributed by atoms with van der Waals surface area (Å²) in [6, 6.07) is 9.64. The number of rotatable bonds is 5. The number of amides is 1. The van der Waals surface area contributed by atoms with Gasteiger partial charge in [-0.1, -0.05) is 12.1 Å². The van der Waals surface area contributed by atoms with Crippen LogP contribution in [0.5, 0.6) is 0 Å². The maximum atomic E-state index is 12.8. The van der Waals surface area contributed by atoms with Crippen LogP contribution in [0.15, 0.2) is 53.2 Å². The van der Waals surface area contributed by atoms with Crippen molar-refractivity contribution in [3.63, 3.8) is 0 Å². The highest BCUT2D eigenvalue weighted by molar-refractivity contribution is 5.78. The average molecular weight is 325 g/mol. The number of aryl methyl sites for hydroxylation is 1. The van der Waals surface area contributed by atoms with E-state index in [1.807, 2.05) is 6.07 Å². The molecule has 0 atom stereocenters. The molecule has 3 rings (SSSR count). The molecule has 24 heavy (non-hydrogen) atoms. The van der Waals surface area contributed by atoms with Crippen molar-refractivity contribution in [3.05, 3.63) is 71.6 Å². The Balaban J connectivity index is 1.62. The van der Waals surface area contributed by atoms with Gasteiger partial charge in [0, 0.05) is 18.9 Å². The van der Waals surface area contributed by atoms with E-state index in [9.17, 15) is 9.18 Å². The molecule has 0 radical (unpaired) electrons. The molecule has 1 aromatic carbocycles. The van der Waals surface area contributed by atoms with Gasteiger partial charge in [-0.25, -0.2) is 9.37 Å². The van der Waals surface area contributed by atoms with Gasteiger partial charge in [-0.3, -0.25) is 9.78 Å². The maximum absolute atomic E-state index is 12.8. The second-order valence-electron chi connectivity index (χ2n) is 5.34. The van der Waals surface area contributed by atoms with Gasteiger partial charge in [-0.05, 0) is 36.8 Å². The van der Waals surface area contributed by atoms with Crippen LogP contribution in [0, 0.1) is 12.7 Å². The third-order valence-corrected chi connectivity index (χ3v) is 3.53. The third-order valence-electron chi connectivity index (χ3n) is 3.53. The van der Waals surface area contributed by atoms with Gasteiger partial charge in [-0.2, -0.15) is 0 Å². The van der Waals surface area contributed by atoms with E-state index in [2.05, 4.69) is 15.3 Å². The number of halogens is 1. The zero-order chi connectivity index (χ0) is 16.9. The number of benzene rings is 1. The fourth-order valence-electron chi connectivity index (χ4n) is 2.22. The van der Waals surface area contributed by atoms with Crippen LogP contribution < -0.4 is 5.32 Å². The van der Waals surface area contributed by atoms with E-state index >= 15 is 0 Å². The fraction of sp³-hybridized carbons (Fsp3) is 0.167. The lowest BCUT2D eigenvalue weighted by Crippen LogP contribution is -2.24. The summed E-state index contributed by atoms with van der Waals surface area (Å²) in [5.74, 6) is 0.576. The molecule has 0 spiro atoms. The zero-order valence-electron chi connectivity index (χ0n) is 13.1. The minimum Gasteiger partial charge on any atom is -0.441 e. The average Bonchev–Trinajstić information content (AvgIpc) is 2.96. The van der Waals surface area contributed by atoms with Crippen LogP contribution in [0.1, 0.15) is 17.0 Å². The number of pyridine rings is 1. The quantitative estimate of drug-likeness (QED) is 0.783. The molecule has 0 fully saturated rings. The Morgan fingerprint density at radius 1 is 1.25 bits per heavy atom. The molecule has 3 aromatic rings. The lowest BCUT2D eigenvalue weighted by atomic mass is 10.2. The molecule has 1 amide bonds. The standard InChI is InChI=1S/C18H16FN3O2/c1-12-16(22-18(24-12)14-3-2-8-20-11-14)9-17(23)21-10-13-4-6-15(19)7-5-13/h2-8,11H,9-10H2,1H3,(H,21,23). The Bertz CT molecular complexity index is 829. The molecule has 1 N–H and O–H groups in total. The summed E-state index contributed by atoms with van der Waals surface area (Å²) in [6.07, 6.45) is 3.45. The largest absolute Gasteiger partial charge is 0.441 e. The third kappa shape index (κ3) is 3.84. The van der Waals surface area contributed by atoms with Crippen LogP contribution >= 0.6 is 0 Å². The monoisotopic (exact) mass is 325 g/mol. The molecule has 0 saturated heterocycles. The number of hydrogen-bond donors (Lipinski definition) is 1. The molecule has 2 aromatic heterocycles. The number of aromatic nitrogens is 2. The highest BCUT2D eigenvalue weighted by Crippen LogP contribution is 2.20. The van der Waals surface area contributed by atoms with Gasteiger partial charge in [0.15, 0.2) is 0 Å². The summed E-state index contributed by atoms with van der Waals surface area (Å²) in [6.45, 7) is 2.11. The van der Waals surface area contributed by atoms with Gasteiger partial charge in [0.25, 0.3) is 0 Å². The summed E-state index contributed by atoms with van der Waals surface area (Å²) in [5.41, 5.74) is 2.18. The highest BCUT2D eigenvalue weighted by atomic mass is 19.1. The minimum atomic E-state index is -0.300.